The second-order valence-electron chi connectivity index (χ2n) is 3.91. The van der Waals surface area contributed by atoms with Crippen molar-refractivity contribution in [1.29, 1.82) is 0 Å². The zero-order chi connectivity index (χ0) is 13.1. The van der Waals surface area contributed by atoms with Crippen molar-refractivity contribution in [2.24, 2.45) is 5.73 Å². The van der Waals surface area contributed by atoms with Crippen molar-refractivity contribution >= 4 is 15.9 Å². The summed E-state index contributed by atoms with van der Waals surface area (Å²) in [5, 5.41) is 0. The Kier molecular flexibility index (Phi) is 3.93. The van der Waals surface area contributed by atoms with Crippen LogP contribution in [0.1, 0.15) is 18.5 Å². The Balaban J connectivity index is 2.34. The van der Waals surface area contributed by atoms with E-state index < -0.39 is 0 Å². The number of halogens is 2. The lowest BCUT2D eigenvalue weighted by atomic mass is 10.1. The van der Waals surface area contributed by atoms with Crippen molar-refractivity contribution in [3.8, 4) is 11.5 Å². The fourth-order valence-corrected chi connectivity index (χ4v) is 1.89. The van der Waals surface area contributed by atoms with Gasteiger partial charge in [0.25, 0.3) is 0 Å². The molecule has 1 atom stereocenters. The Morgan fingerprint density at radius 2 is 2.11 bits per heavy atom. The lowest BCUT2D eigenvalue weighted by molar-refractivity contribution is 0.466. The molecule has 0 unspecified atom stereocenters. The molecule has 0 saturated carbocycles. The minimum atomic E-state index is -0.331. The van der Waals surface area contributed by atoms with Crippen LogP contribution in [-0.4, -0.2) is 4.98 Å². The SMILES string of the molecule is C[C@H](N)c1cc(F)ccc1Oc1cncc(Br)c1. The number of hydrogen-bond acceptors (Lipinski definition) is 3. The minimum Gasteiger partial charge on any atom is -0.455 e. The number of ether oxygens (including phenoxy) is 1. The molecular weight excluding hydrogens is 299 g/mol. The van der Waals surface area contributed by atoms with E-state index in [2.05, 4.69) is 20.9 Å². The first kappa shape index (κ1) is 13.0. The summed E-state index contributed by atoms with van der Waals surface area (Å²) in [6, 6.07) is 5.75. The van der Waals surface area contributed by atoms with Gasteiger partial charge in [0.2, 0.25) is 0 Å². The van der Waals surface area contributed by atoms with Crippen LogP contribution in [0.3, 0.4) is 0 Å². The zero-order valence-corrected chi connectivity index (χ0v) is 11.3. The molecule has 0 radical (unpaired) electrons. The van der Waals surface area contributed by atoms with Gasteiger partial charge in [-0.3, -0.25) is 4.98 Å². The second-order valence-corrected chi connectivity index (χ2v) is 4.83. The van der Waals surface area contributed by atoms with Gasteiger partial charge in [0.1, 0.15) is 17.3 Å². The highest BCUT2D eigenvalue weighted by Gasteiger charge is 2.10. The summed E-state index contributed by atoms with van der Waals surface area (Å²) in [7, 11) is 0. The van der Waals surface area contributed by atoms with E-state index in [-0.39, 0.29) is 11.9 Å². The van der Waals surface area contributed by atoms with Gasteiger partial charge in [-0.2, -0.15) is 0 Å². The van der Waals surface area contributed by atoms with Crippen LogP contribution >= 0.6 is 15.9 Å². The molecule has 0 aliphatic carbocycles. The molecule has 5 heteroatoms. The summed E-state index contributed by atoms with van der Waals surface area (Å²) in [5.74, 6) is 0.770. The van der Waals surface area contributed by atoms with E-state index in [9.17, 15) is 4.39 Å². The van der Waals surface area contributed by atoms with Crippen molar-refractivity contribution in [3.05, 3.63) is 52.5 Å². The van der Waals surface area contributed by atoms with E-state index in [0.717, 1.165) is 4.47 Å². The third-order valence-corrected chi connectivity index (χ3v) is 2.80. The minimum absolute atomic E-state index is 0.309. The van der Waals surface area contributed by atoms with E-state index in [0.29, 0.717) is 17.1 Å². The number of pyridine rings is 1. The highest BCUT2D eigenvalue weighted by atomic mass is 79.9. The summed E-state index contributed by atoms with van der Waals surface area (Å²) in [6.45, 7) is 1.78. The molecule has 1 aromatic carbocycles. The van der Waals surface area contributed by atoms with Crippen molar-refractivity contribution in [2.75, 3.05) is 0 Å². The first-order valence-electron chi connectivity index (χ1n) is 5.39. The van der Waals surface area contributed by atoms with Crippen LogP contribution in [0.4, 0.5) is 4.39 Å². The van der Waals surface area contributed by atoms with Crippen molar-refractivity contribution in [2.45, 2.75) is 13.0 Å². The highest BCUT2D eigenvalue weighted by molar-refractivity contribution is 9.10. The molecule has 0 spiro atoms. The normalized spacial score (nSPS) is 12.2. The molecule has 0 aliphatic rings. The number of benzene rings is 1. The van der Waals surface area contributed by atoms with E-state index >= 15 is 0 Å². The van der Waals surface area contributed by atoms with Gasteiger partial charge in [0.05, 0.1) is 6.20 Å². The van der Waals surface area contributed by atoms with Gasteiger partial charge in [-0.15, -0.1) is 0 Å². The Labute approximate surface area is 113 Å². The molecule has 18 heavy (non-hydrogen) atoms. The summed E-state index contributed by atoms with van der Waals surface area (Å²) in [4.78, 5) is 4.00. The lowest BCUT2D eigenvalue weighted by Gasteiger charge is -2.13. The maximum atomic E-state index is 13.2. The smallest absolute Gasteiger partial charge is 0.146 e. The first-order valence-corrected chi connectivity index (χ1v) is 6.19. The average molecular weight is 311 g/mol. The van der Waals surface area contributed by atoms with E-state index in [1.807, 2.05) is 0 Å². The fourth-order valence-electron chi connectivity index (χ4n) is 1.54. The summed E-state index contributed by atoms with van der Waals surface area (Å²) in [6.07, 6.45) is 3.24. The molecule has 0 bridgehead atoms. The molecule has 94 valence electrons. The second kappa shape index (κ2) is 5.46. The van der Waals surface area contributed by atoms with Gasteiger partial charge in [-0.05, 0) is 47.1 Å². The molecule has 3 nitrogen and oxygen atoms in total. The van der Waals surface area contributed by atoms with Gasteiger partial charge >= 0.3 is 0 Å². The van der Waals surface area contributed by atoms with Gasteiger partial charge in [0.15, 0.2) is 0 Å². The number of nitrogens with two attached hydrogens (primary N) is 1. The molecule has 0 fully saturated rings. The predicted molar refractivity (Wildman–Crippen MR) is 71.0 cm³/mol. The Hall–Kier alpha value is -1.46. The molecule has 2 aromatic rings. The Morgan fingerprint density at radius 3 is 2.78 bits per heavy atom. The van der Waals surface area contributed by atoms with Crippen LogP contribution in [-0.2, 0) is 0 Å². The summed E-state index contributed by atoms with van der Waals surface area (Å²) >= 11 is 3.31. The highest BCUT2D eigenvalue weighted by Crippen LogP contribution is 2.30. The van der Waals surface area contributed by atoms with E-state index in [4.69, 9.17) is 10.5 Å². The molecule has 0 aliphatic heterocycles. The topological polar surface area (TPSA) is 48.1 Å². The third kappa shape index (κ3) is 3.05. The third-order valence-electron chi connectivity index (χ3n) is 2.37. The van der Waals surface area contributed by atoms with Crippen LogP contribution in [0.5, 0.6) is 11.5 Å². The molecular formula is C13H12BrFN2O. The fraction of sp³-hybridized carbons (Fsp3) is 0.154. The van der Waals surface area contributed by atoms with Crippen molar-refractivity contribution < 1.29 is 9.13 Å². The monoisotopic (exact) mass is 310 g/mol. The van der Waals surface area contributed by atoms with Crippen molar-refractivity contribution in [1.82, 2.24) is 4.98 Å². The molecule has 1 aromatic heterocycles. The molecule has 0 saturated heterocycles. The average Bonchev–Trinajstić information content (AvgIpc) is 2.31. The maximum absolute atomic E-state index is 13.2. The largest absolute Gasteiger partial charge is 0.455 e. The molecule has 0 amide bonds. The van der Waals surface area contributed by atoms with Gasteiger partial charge < -0.3 is 10.5 Å². The maximum Gasteiger partial charge on any atom is 0.146 e. The van der Waals surface area contributed by atoms with Crippen LogP contribution in [0, 0.1) is 5.82 Å². The van der Waals surface area contributed by atoms with Gasteiger partial charge in [-0.25, -0.2) is 4.39 Å². The zero-order valence-electron chi connectivity index (χ0n) is 9.73. The standard InChI is InChI=1S/C13H12BrFN2O/c1-8(16)12-5-10(15)2-3-13(12)18-11-4-9(14)6-17-7-11/h2-8H,16H2,1H3/t8-/m0/s1. The number of nitrogens with zero attached hydrogens (tertiary/aromatic N) is 1. The lowest BCUT2D eigenvalue weighted by Crippen LogP contribution is -2.07. The molecule has 2 rings (SSSR count). The Morgan fingerprint density at radius 1 is 1.33 bits per heavy atom. The quantitative estimate of drug-likeness (QED) is 0.938. The van der Waals surface area contributed by atoms with Crippen molar-refractivity contribution in [3.63, 3.8) is 0 Å². The number of aromatic nitrogens is 1. The molecule has 1 heterocycles. The Bertz CT molecular complexity index is 560. The number of hydrogen-bond donors (Lipinski definition) is 1. The first-order chi connectivity index (χ1) is 8.56. The van der Waals surface area contributed by atoms with Crippen LogP contribution in [0.2, 0.25) is 0 Å². The van der Waals surface area contributed by atoms with Crippen LogP contribution < -0.4 is 10.5 Å². The van der Waals surface area contributed by atoms with Gasteiger partial charge in [0, 0.05) is 22.3 Å². The van der Waals surface area contributed by atoms with E-state index in [1.165, 1.54) is 12.1 Å². The predicted octanol–water partition coefficient (Wildman–Crippen LogP) is 3.80. The van der Waals surface area contributed by atoms with Crippen LogP contribution in [0.15, 0.2) is 41.1 Å². The summed E-state index contributed by atoms with van der Waals surface area (Å²) < 4.78 is 19.7. The van der Waals surface area contributed by atoms with Crippen LogP contribution in [0.25, 0.3) is 0 Å². The number of rotatable bonds is 3. The summed E-state index contributed by atoms with van der Waals surface area (Å²) in [5.41, 5.74) is 6.42. The van der Waals surface area contributed by atoms with E-state index in [1.54, 1.807) is 31.5 Å². The molecule has 2 N–H and O–H groups in total. The van der Waals surface area contributed by atoms with Gasteiger partial charge in [-0.1, -0.05) is 0 Å².